The number of para-hydroxylation sites is 1. The molecule has 4 heteroatoms. The molecule has 24 heavy (non-hydrogen) atoms. The number of rotatable bonds is 7. The molecule has 2 rings (SSSR count). The maximum absolute atomic E-state index is 12.3. The van der Waals surface area contributed by atoms with Gasteiger partial charge >= 0.3 is 0 Å². The number of carbonyl (C=O) groups excluding carboxylic acids is 1. The summed E-state index contributed by atoms with van der Waals surface area (Å²) in [5.74, 6) is 1.39. The van der Waals surface area contributed by atoms with Crippen molar-refractivity contribution in [2.45, 2.75) is 40.3 Å². The molecule has 0 spiro atoms. The van der Waals surface area contributed by atoms with Gasteiger partial charge in [0, 0.05) is 12.1 Å². The van der Waals surface area contributed by atoms with Crippen molar-refractivity contribution >= 4 is 5.91 Å². The van der Waals surface area contributed by atoms with E-state index in [0.29, 0.717) is 13.2 Å². The van der Waals surface area contributed by atoms with Crippen LogP contribution in [0.5, 0.6) is 11.5 Å². The van der Waals surface area contributed by atoms with E-state index in [2.05, 4.69) is 5.32 Å². The third kappa shape index (κ3) is 4.75. The Morgan fingerprint density at radius 2 is 1.88 bits per heavy atom. The van der Waals surface area contributed by atoms with E-state index in [4.69, 9.17) is 9.47 Å². The molecule has 2 aromatic carbocycles. The Morgan fingerprint density at radius 1 is 1.12 bits per heavy atom. The first kappa shape index (κ1) is 17.9. The van der Waals surface area contributed by atoms with Crippen LogP contribution in [0, 0.1) is 13.8 Å². The van der Waals surface area contributed by atoms with Crippen LogP contribution in [0.15, 0.2) is 42.5 Å². The summed E-state index contributed by atoms with van der Waals surface area (Å²) in [7, 11) is 0. The zero-order chi connectivity index (χ0) is 17.5. The molecule has 0 radical (unpaired) electrons. The van der Waals surface area contributed by atoms with Crippen molar-refractivity contribution in [1.82, 2.24) is 5.32 Å². The van der Waals surface area contributed by atoms with E-state index in [0.717, 1.165) is 28.2 Å². The summed E-state index contributed by atoms with van der Waals surface area (Å²) < 4.78 is 11.4. The number of ether oxygens (including phenoxy) is 2. The van der Waals surface area contributed by atoms with Crippen molar-refractivity contribution in [3.63, 3.8) is 0 Å². The summed E-state index contributed by atoms with van der Waals surface area (Å²) in [4.78, 5) is 12.3. The van der Waals surface area contributed by atoms with Gasteiger partial charge < -0.3 is 14.8 Å². The monoisotopic (exact) mass is 327 g/mol. The highest BCUT2D eigenvalue weighted by molar-refractivity contribution is 5.80. The number of carbonyl (C=O) groups is 1. The fourth-order valence-electron chi connectivity index (χ4n) is 2.35. The zero-order valence-electron chi connectivity index (χ0n) is 14.8. The molecule has 0 aliphatic carbocycles. The second-order valence-electron chi connectivity index (χ2n) is 5.79. The Hall–Kier alpha value is -2.49. The average Bonchev–Trinajstić information content (AvgIpc) is 2.57. The molecule has 1 N–H and O–H groups in total. The minimum absolute atomic E-state index is 0.151. The second-order valence-corrected chi connectivity index (χ2v) is 5.79. The lowest BCUT2D eigenvalue weighted by Gasteiger charge is -2.17. The first-order chi connectivity index (χ1) is 11.5. The Balaban J connectivity index is 1.96. The number of hydrogen-bond donors (Lipinski definition) is 1. The maximum atomic E-state index is 12.3. The predicted octanol–water partition coefficient (Wildman–Crippen LogP) is 3.79. The molecule has 0 heterocycles. The summed E-state index contributed by atoms with van der Waals surface area (Å²) in [6, 6.07) is 13.7. The normalized spacial score (nSPS) is 11.7. The molecule has 1 unspecified atom stereocenters. The predicted molar refractivity (Wildman–Crippen MR) is 95.5 cm³/mol. The van der Waals surface area contributed by atoms with Gasteiger partial charge in [-0.2, -0.15) is 0 Å². The molecule has 0 aliphatic heterocycles. The van der Waals surface area contributed by atoms with Crippen LogP contribution in [0.3, 0.4) is 0 Å². The highest BCUT2D eigenvalue weighted by Gasteiger charge is 2.16. The Morgan fingerprint density at radius 3 is 2.62 bits per heavy atom. The summed E-state index contributed by atoms with van der Waals surface area (Å²) in [6.45, 7) is 8.67. The molecule has 0 saturated heterocycles. The fraction of sp³-hybridized carbons (Fsp3) is 0.350. The number of benzene rings is 2. The molecule has 1 amide bonds. The van der Waals surface area contributed by atoms with Gasteiger partial charge in [0.05, 0.1) is 6.61 Å². The number of aryl methyl sites for hydroxylation is 2. The van der Waals surface area contributed by atoms with Gasteiger partial charge in [0.2, 0.25) is 0 Å². The van der Waals surface area contributed by atoms with Gasteiger partial charge in [-0.15, -0.1) is 0 Å². The van der Waals surface area contributed by atoms with E-state index in [-0.39, 0.29) is 5.91 Å². The standard InChI is InChI=1S/C20H25NO3/c1-5-23-18-9-7-6-8-17(18)13-21-20(22)16(4)24-19-12-14(2)10-11-15(19)3/h6-12,16H,5,13H2,1-4H3,(H,21,22). The lowest BCUT2D eigenvalue weighted by molar-refractivity contribution is -0.127. The van der Waals surface area contributed by atoms with Crippen molar-refractivity contribution in [2.75, 3.05) is 6.61 Å². The van der Waals surface area contributed by atoms with Crippen LogP contribution in [-0.2, 0) is 11.3 Å². The van der Waals surface area contributed by atoms with Gasteiger partial charge in [0.15, 0.2) is 6.10 Å². The first-order valence-corrected chi connectivity index (χ1v) is 8.23. The lowest BCUT2D eigenvalue weighted by atomic mass is 10.1. The van der Waals surface area contributed by atoms with Crippen LogP contribution >= 0.6 is 0 Å². The van der Waals surface area contributed by atoms with Gasteiger partial charge in [-0.3, -0.25) is 4.79 Å². The van der Waals surface area contributed by atoms with Crippen LogP contribution < -0.4 is 14.8 Å². The van der Waals surface area contributed by atoms with E-state index in [9.17, 15) is 4.79 Å². The van der Waals surface area contributed by atoms with Crippen LogP contribution in [0.1, 0.15) is 30.5 Å². The molecule has 4 nitrogen and oxygen atoms in total. The van der Waals surface area contributed by atoms with Gasteiger partial charge in [0.1, 0.15) is 11.5 Å². The van der Waals surface area contributed by atoms with Crippen LogP contribution in [-0.4, -0.2) is 18.6 Å². The second kappa shape index (κ2) is 8.39. The minimum atomic E-state index is -0.565. The largest absolute Gasteiger partial charge is 0.494 e. The van der Waals surface area contributed by atoms with Crippen molar-refractivity contribution < 1.29 is 14.3 Å². The Labute approximate surface area is 143 Å². The molecule has 2 aromatic rings. The van der Waals surface area contributed by atoms with E-state index < -0.39 is 6.10 Å². The molecule has 0 bridgehead atoms. The lowest BCUT2D eigenvalue weighted by Crippen LogP contribution is -2.36. The van der Waals surface area contributed by atoms with E-state index >= 15 is 0 Å². The molecular weight excluding hydrogens is 302 g/mol. The highest BCUT2D eigenvalue weighted by atomic mass is 16.5. The minimum Gasteiger partial charge on any atom is -0.494 e. The van der Waals surface area contributed by atoms with E-state index in [1.54, 1.807) is 6.92 Å². The highest BCUT2D eigenvalue weighted by Crippen LogP contribution is 2.21. The molecule has 0 aliphatic rings. The molecular formula is C20H25NO3. The smallest absolute Gasteiger partial charge is 0.261 e. The molecule has 128 valence electrons. The van der Waals surface area contributed by atoms with Gasteiger partial charge in [-0.05, 0) is 51.0 Å². The SMILES string of the molecule is CCOc1ccccc1CNC(=O)C(C)Oc1cc(C)ccc1C. The summed E-state index contributed by atoms with van der Waals surface area (Å²) in [6.07, 6.45) is -0.565. The number of amides is 1. The fourth-order valence-corrected chi connectivity index (χ4v) is 2.35. The van der Waals surface area contributed by atoms with E-state index in [1.165, 1.54) is 0 Å². The topological polar surface area (TPSA) is 47.6 Å². The maximum Gasteiger partial charge on any atom is 0.261 e. The van der Waals surface area contributed by atoms with Crippen LogP contribution in [0.25, 0.3) is 0 Å². The summed E-state index contributed by atoms with van der Waals surface area (Å²) in [5, 5.41) is 2.91. The molecule has 0 fully saturated rings. The van der Waals surface area contributed by atoms with Gasteiger partial charge in [-0.1, -0.05) is 30.3 Å². The van der Waals surface area contributed by atoms with Crippen LogP contribution in [0.2, 0.25) is 0 Å². The number of nitrogens with one attached hydrogen (secondary N) is 1. The van der Waals surface area contributed by atoms with Gasteiger partial charge in [-0.25, -0.2) is 0 Å². The summed E-state index contributed by atoms with van der Waals surface area (Å²) >= 11 is 0. The quantitative estimate of drug-likeness (QED) is 0.842. The average molecular weight is 327 g/mol. The Bertz CT molecular complexity index is 697. The van der Waals surface area contributed by atoms with Gasteiger partial charge in [0.25, 0.3) is 5.91 Å². The van der Waals surface area contributed by atoms with Crippen molar-refractivity contribution in [3.8, 4) is 11.5 Å². The summed E-state index contributed by atoms with van der Waals surface area (Å²) in [5.41, 5.74) is 3.07. The van der Waals surface area contributed by atoms with Crippen LogP contribution in [0.4, 0.5) is 0 Å². The van der Waals surface area contributed by atoms with Crippen molar-refractivity contribution in [1.29, 1.82) is 0 Å². The van der Waals surface area contributed by atoms with Crippen molar-refractivity contribution in [2.24, 2.45) is 0 Å². The third-order valence-electron chi connectivity index (χ3n) is 3.74. The Kier molecular flexibility index (Phi) is 6.24. The third-order valence-corrected chi connectivity index (χ3v) is 3.74. The van der Waals surface area contributed by atoms with E-state index in [1.807, 2.05) is 63.2 Å². The first-order valence-electron chi connectivity index (χ1n) is 8.23. The molecule has 0 saturated carbocycles. The van der Waals surface area contributed by atoms with Crippen molar-refractivity contribution in [3.05, 3.63) is 59.2 Å². The zero-order valence-corrected chi connectivity index (χ0v) is 14.8. The molecule has 0 aromatic heterocycles. The number of hydrogen-bond acceptors (Lipinski definition) is 3. The molecule has 1 atom stereocenters.